The lowest BCUT2D eigenvalue weighted by atomic mass is 10.1. The Labute approximate surface area is 137 Å². The van der Waals surface area contributed by atoms with Gasteiger partial charge in [0.1, 0.15) is 0 Å². The van der Waals surface area contributed by atoms with Gasteiger partial charge in [-0.05, 0) is 29.3 Å². The zero-order chi connectivity index (χ0) is 16.7. The van der Waals surface area contributed by atoms with Gasteiger partial charge in [-0.3, -0.25) is 8.86 Å². The van der Waals surface area contributed by atoms with Gasteiger partial charge in [0, 0.05) is 6.20 Å². The minimum atomic E-state index is -2.14. The van der Waals surface area contributed by atoms with E-state index < -0.39 is 17.2 Å². The van der Waals surface area contributed by atoms with Gasteiger partial charge < -0.3 is 4.74 Å². The standard InChI is InChI=1S/C17H17NO4S/c1-22-17(19)16-9-7-15(8-10-16)13-18(23(20)21)12-11-14-5-3-2-4-6-14/h2-12H,13H2,1H3,(H,20,21). The van der Waals surface area contributed by atoms with Crippen LogP contribution in [0.25, 0.3) is 6.08 Å². The third-order valence-corrected chi connectivity index (χ3v) is 3.80. The Morgan fingerprint density at radius 2 is 1.83 bits per heavy atom. The molecule has 0 saturated carbocycles. The molecule has 1 N–H and O–H groups in total. The van der Waals surface area contributed by atoms with Crippen LogP contribution in [0.15, 0.2) is 60.8 Å². The predicted molar refractivity (Wildman–Crippen MR) is 89.6 cm³/mol. The summed E-state index contributed by atoms with van der Waals surface area (Å²) < 4.78 is 26.8. The monoisotopic (exact) mass is 331 g/mol. The summed E-state index contributed by atoms with van der Waals surface area (Å²) in [6.07, 6.45) is 3.33. The first-order chi connectivity index (χ1) is 11.1. The van der Waals surface area contributed by atoms with E-state index >= 15 is 0 Å². The van der Waals surface area contributed by atoms with Crippen LogP contribution in [0.5, 0.6) is 0 Å². The van der Waals surface area contributed by atoms with Crippen LogP contribution in [-0.4, -0.2) is 26.1 Å². The van der Waals surface area contributed by atoms with Crippen molar-refractivity contribution in [2.45, 2.75) is 6.54 Å². The highest BCUT2D eigenvalue weighted by Gasteiger charge is 2.09. The first-order valence-corrected chi connectivity index (χ1v) is 7.94. The molecule has 5 nitrogen and oxygen atoms in total. The van der Waals surface area contributed by atoms with Gasteiger partial charge in [0.15, 0.2) is 0 Å². The van der Waals surface area contributed by atoms with Crippen LogP contribution in [0, 0.1) is 0 Å². The first kappa shape index (κ1) is 16.9. The van der Waals surface area contributed by atoms with Gasteiger partial charge in [0.25, 0.3) is 11.3 Å². The van der Waals surface area contributed by atoms with E-state index in [0.717, 1.165) is 11.1 Å². The molecule has 0 amide bonds. The van der Waals surface area contributed by atoms with Crippen molar-refractivity contribution in [1.29, 1.82) is 0 Å². The molecule has 120 valence electrons. The summed E-state index contributed by atoms with van der Waals surface area (Å²) in [6.45, 7) is 0.244. The predicted octanol–water partition coefficient (Wildman–Crippen LogP) is 3.08. The number of benzene rings is 2. The number of rotatable bonds is 6. The molecule has 0 aromatic heterocycles. The highest BCUT2D eigenvalue weighted by molar-refractivity contribution is 7.76. The largest absolute Gasteiger partial charge is 0.465 e. The number of esters is 1. The van der Waals surface area contributed by atoms with Crippen molar-refractivity contribution in [3.05, 3.63) is 77.5 Å². The van der Waals surface area contributed by atoms with Gasteiger partial charge in [-0.2, -0.15) is 0 Å². The van der Waals surface area contributed by atoms with E-state index in [9.17, 15) is 13.6 Å². The fraction of sp³-hybridized carbons (Fsp3) is 0.118. The molecule has 1 unspecified atom stereocenters. The molecule has 0 radical (unpaired) electrons. The lowest BCUT2D eigenvalue weighted by Gasteiger charge is -2.15. The normalized spacial score (nSPS) is 12.1. The minimum Gasteiger partial charge on any atom is -0.465 e. The highest BCUT2D eigenvalue weighted by Crippen LogP contribution is 2.11. The molecule has 1 atom stereocenters. The summed E-state index contributed by atoms with van der Waals surface area (Å²) in [5, 5.41) is 0. The van der Waals surface area contributed by atoms with Crippen molar-refractivity contribution in [3.63, 3.8) is 0 Å². The smallest absolute Gasteiger partial charge is 0.337 e. The topological polar surface area (TPSA) is 66.8 Å². The third-order valence-electron chi connectivity index (χ3n) is 3.15. The average molecular weight is 331 g/mol. The van der Waals surface area contributed by atoms with Crippen LogP contribution in [0.4, 0.5) is 0 Å². The van der Waals surface area contributed by atoms with Crippen molar-refractivity contribution in [2.75, 3.05) is 7.11 Å². The van der Waals surface area contributed by atoms with E-state index in [2.05, 4.69) is 4.74 Å². The summed E-state index contributed by atoms with van der Waals surface area (Å²) in [6, 6.07) is 16.2. The van der Waals surface area contributed by atoms with Crippen LogP contribution in [0.2, 0.25) is 0 Å². The Bertz CT molecular complexity index is 698. The molecule has 0 aliphatic carbocycles. The number of hydrogen-bond donors (Lipinski definition) is 1. The van der Waals surface area contributed by atoms with E-state index in [1.165, 1.54) is 11.4 Å². The van der Waals surface area contributed by atoms with E-state index in [4.69, 9.17) is 0 Å². The summed E-state index contributed by atoms with van der Waals surface area (Å²) in [4.78, 5) is 11.4. The molecular formula is C17H17NO4S. The SMILES string of the molecule is COC(=O)c1ccc(CN(C=Cc2ccccc2)S(=O)O)cc1. The Morgan fingerprint density at radius 1 is 1.17 bits per heavy atom. The Kier molecular flexibility index (Phi) is 6.08. The molecule has 0 aliphatic heterocycles. The van der Waals surface area contributed by atoms with Gasteiger partial charge in [-0.1, -0.05) is 42.5 Å². The molecule has 2 rings (SSSR count). The quantitative estimate of drug-likeness (QED) is 0.652. The Morgan fingerprint density at radius 3 is 2.39 bits per heavy atom. The second kappa shape index (κ2) is 8.26. The van der Waals surface area contributed by atoms with Gasteiger partial charge in [-0.15, -0.1) is 0 Å². The van der Waals surface area contributed by atoms with E-state index in [-0.39, 0.29) is 6.54 Å². The molecule has 6 heteroatoms. The zero-order valence-electron chi connectivity index (χ0n) is 12.6. The summed E-state index contributed by atoms with van der Waals surface area (Å²) in [5.74, 6) is -0.414. The van der Waals surface area contributed by atoms with E-state index in [0.29, 0.717) is 5.56 Å². The molecule has 23 heavy (non-hydrogen) atoms. The highest BCUT2D eigenvalue weighted by atomic mass is 32.2. The maximum Gasteiger partial charge on any atom is 0.337 e. The molecule has 0 aliphatic rings. The molecule has 2 aromatic carbocycles. The molecule has 0 spiro atoms. The maximum atomic E-state index is 11.5. The molecule has 0 heterocycles. The van der Waals surface area contributed by atoms with Gasteiger partial charge in [0.05, 0.1) is 19.2 Å². The van der Waals surface area contributed by atoms with Crippen LogP contribution in [-0.2, 0) is 22.5 Å². The molecule has 0 bridgehead atoms. The van der Waals surface area contributed by atoms with Crippen molar-refractivity contribution >= 4 is 23.3 Å². The van der Waals surface area contributed by atoms with Crippen molar-refractivity contribution in [1.82, 2.24) is 4.31 Å². The second-order valence-corrected chi connectivity index (χ2v) is 5.65. The number of carbonyl (C=O) groups excluding carboxylic acids is 1. The fourth-order valence-electron chi connectivity index (χ4n) is 1.94. The average Bonchev–Trinajstić information content (AvgIpc) is 2.59. The second-order valence-electron chi connectivity index (χ2n) is 4.72. The van der Waals surface area contributed by atoms with Gasteiger partial charge in [-0.25, -0.2) is 9.00 Å². The Balaban J connectivity index is 2.09. The third kappa shape index (κ3) is 5.05. The number of carbonyl (C=O) groups is 1. The van der Waals surface area contributed by atoms with Crippen LogP contribution in [0.1, 0.15) is 21.5 Å². The molecule has 0 saturated heterocycles. The maximum absolute atomic E-state index is 11.5. The summed E-state index contributed by atoms with van der Waals surface area (Å²) >= 11 is -2.14. The van der Waals surface area contributed by atoms with Crippen LogP contribution < -0.4 is 0 Å². The molecule has 2 aromatic rings. The number of methoxy groups -OCH3 is 1. The van der Waals surface area contributed by atoms with Gasteiger partial charge >= 0.3 is 5.97 Å². The number of ether oxygens (including phenoxy) is 1. The lowest BCUT2D eigenvalue weighted by molar-refractivity contribution is 0.0600. The Hall–Kier alpha value is -2.44. The van der Waals surface area contributed by atoms with E-state index in [1.807, 2.05) is 30.3 Å². The lowest BCUT2D eigenvalue weighted by Crippen LogP contribution is -2.18. The first-order valence-electron chi connectivity index (χ1n) is 6.88. The van der Waals surface area contributed by atoms with Crippen molar-refractivity contribution in [3.8, 4) is 0 Å². The molecule has 0 fully saturated rings. The van der Waals surface area contributed by atoms with E-state index in [1.54, 1.807) is 36.5 Å². The van der Waals surface area contributed by atoms with Crippen LogP contribution in [0.3, 0.4) is 0 Å². The number of nitrogens with zero attached hydrogens (tertiary/aromatic N) is 1. The minimum absolute atomic E-state index is 0.244. The van der Waals surface area contributed by atoms with Crippen molar-refractivity contribution < 1.29 is 18.3 Å². The zero-order valence-corrected chi connectivity index (χ0v) is 13.4. The van der Waals surface area contributed by atoms with Gasteiger partial charge in [0.2, 0.25) is 0 Å². The number of hydrogen-bond acceptors (Lipinski definition) is 3. The van der Waals surface area contributed by atoms with Crippen LogP contribution >= 0.6 is 0 Å². The molecular weight excluding hydrogens is 314 g/mol. The fourth-order valence-corrected chi connectivity index (χ4v) is 2.36. The summed E-state index contributed by atoms with van der Waals surface area (Å²) in [5.41, 5.74) is 2.18. The summed E-state index contributed by atoms with van der Waals surface area (Å²) in [7, 11) is 1.32. The van der Waals surface area contributed by atoms with Crippen molar-refractivity contribution in [2.24, 2.45) is 0 Å².